The predicted molar refractivity (Wildman–Crippen MR) is 59.6 cm³/mol. The van der Waals surface area contributed by atoms with Crippen LogP contribution in [0.2, 0.25) is 0 Å². The third kappa shape index (κ3) is 2.37. The van der Waals surface area contributed by atoms with E-state index in [0.29, 0.717) is 16.9 Å². The number of hydrogen-bond acceptors (Lipinski definition) is 1. The first-order valence-corrected chi connectivity index (χ1v) is 5.77. The molecule has 1 atom stereocenters. The van der Waals surface area contributed by atoms with Crippen molar-refractivity contribution in [2.45, 2.75) is 11.2 Å². The van der Waals surface area contributed by atoms with Gasteiger partial charge in [-0.15, -0.1) is 0 Å². The van der Waals surface area contributed by atoms with Crippen molar-refractivity contribution in [2.75, 3.05) is 13.1 Å². The zero-order valence-electron chi connectivity index (χ0n) is 8.12. The molecule has 1 aliphatic rings. The van der Waals surface area contributed by atoms with Crippen molar-refractivity contribution in [3.8, 4) is 0 Å². The number of likely N-dealkylation sites (tertiary alicyclic amines) is 1. The number of rotatable bonds is 1. The molecule has 1 heterocycles. The molecule has 0 aromatic heterocycles. The number of carbonyl (C=O) groups is 1. The van der Waals surface area contributed by atoms with E-state index in [2.05, 4.69) is 15.9 Å². The highest BCUT2D eigenvalue weighted by atomic mass is 79.9. The van der Waals surface area contributed by atoms with Gasteiger partial charge in [0.2, 0.25) is 0 Å². The number of carbonyl (C=O) groups excluding carboxylic acids is 1. The summed E-state index contributed by atoms with van der Waals surface area (Å²) in [6.07, 6.45) is 0.959. The van der Waals surface area contributed by atoms with Gasteiger partial charge in [0.25, 0.3) is 5.91 Å². The molecule has 80 valence electrons. The summed E-state index contributed by atoms with van der Waals surface area (Å²) in [5.74, 6) is -0.452. The van der Waals surface area contributed by atoms with E-state index in [-0.39, 0.29) is 11.7 Å². The first-order valence-electron chi connectivity index (χ1n) is 4.86. The fourth-order valence-corrected chi connectivity index (χ4v) is 2.26. The van der Waals surface area contributed by atoms with Gasteiger partial charge in [0, 0.05) is 23.5 Å². The first kappa shape index (κ1) is 10.6. The van der Waals surface area contributed by atoms with Crippen molar-refractivity contribution in [3.05, 3.63) is 35.6 Å². The van der Waals surface area contributed by atoms with E-state index in [1.165, 1.54) is 12.1 Å². The Morgan fingerprint density at radius 1 is 1.53 bits per heavy atom. The minimum Gasteiger partial charge on any atom is -0.337 e. The second kappa shape index (κ2) is 4.31. The molecule has 0 spiro atoms. The zero-order valence-corrected chi connectivity index (χ0v) is 9.71. The van der Waals surface area contributed by atoms with Crippen LogP contribution in [0.4, 0.5) is 4.39 Å². The topological polar surface area (TPSA) is 20.3 Å². The standard InChI is InChI=1S/C11H11BrFNO/c12-9-4-5-14(7-9)11(15)8-2-1-3-10(13)6-8/h1-3,6,9H,4-5,7H2. The lowest BCUT2D eigenvalue weighted by Gasteiger charge is -2.15. The molecule has 2 rings (SSSR count). The van der Waals surface area contributed by atoms with Crippen LogP contribution in [0.3, 0.4) is 0 Å². The highest BCUT2D eigenvalue weighted by molar-refractivity contribution is 9.09. The predicted octanol–water partition coefficient (Wildman–Crippen LogP) is 2.44. The molecule has 0 N–H and O–H groups in total. The summed E-state index contributed by atoms with van der Waals surface area (Å²) in [5.41, 5.74) is 0.427. The van der Waals surface area contributed by atoms with E-state index >= 15 is 0 Å². The van der Waals surface area contributed by atoms with Crippen LogP contribution >= 0.6 is 15.9 Å². The van der Waals surface area contributed by atoms with Crippen LogP contribution < -0.4 is 0 Å². The smallest absolute Gasteiger partial charge is 0.253 e. The molecule has 15 heavy (non-hydrogen) atoms. The second-order valence-electron chi connectivity index (χ2n) is 3.65. The van der Waals surface area contributed by atoms with Crippen molar-refractivity contribution >= 4 is 21.8 Å². The van der Waals surface area contributed by atoms with Gasteiger partial charge < -0.3 is 4.90 Å². The van der Waals surface area contributed by atoms with Crippen molar-refractivity contribution in [3.63, 3.8) is 0 Å². The Labute approximate surface area is 96.2 Å². The summed E-state index contributed by atoms with van der Waals surface area (Å²) >= 11 is 3.47. The molecule has 1 aromatic carbocycles. The molecule has 1 fully saturated rings. The molecule has 1 amide bonds. The van der Waals surface area contributed by atoms with Crippen LogP contribution in [0.25, 0.3) is 0 Å². The maximum absolute atomic E-state index is 12.9. The summed E-state index contributed by atoms with van der Waals surface area (Å²) in [5, 5.41) is 0. The first-order chi connectivity index (χ1) is 7.16. The minimum absolute atomic E-state index is 0.0866. The molecule has 0 saturated carbocycles. The number of amides is 1. The van der Waals surface area contributed by atoms with Gasteiger partial charge in [-0.1, -0.05) is 22.0 Å². The van der Waals surface area contributed by atoms with Crippen molar-refractivity contribution < 1.29 is 9.18 Å². The number of halogens is 2. The quantitative estimate of drug-likeness (QED) is 0.719. The largest absolute Gasteiger partial charge is 0.337 e. The molecular weight excluding hydrogens is 261 g/mol. The summed E-state index contributed by atoms with van der Waals surface area (Å²) in [6, 6.07) is 5.83. The number of alkyl halides is 1. The third-order valence-corrected chi connectivity index (χ3v) is 3.24. The van der Waals surface area contributed by atoms with Gasteiger partial charge in [-0.2, -0.15) is 0 Å². The van der Waals surface area contributed by atoms with Gasteiger partial charge in [0.15, 0.2) is 0 Å². The number of benzene rings is 1. The molecule has 0 radical (unpaired) electrons. The Kier molecular flexibility index (Phi) is 3.05. The van der Waals surface area contributed by atoms with E-state index < -0.39 is 0 Å². The Bertz CT molecular complexity index is 383. The van der Waals surface area contributed by atoms with Gasteiger partial charge in [-0.05, 0) is 24.6 Å². The Balaban J connectivity index is 2.14. The summed E-state index contributed by atoms with van der Waals surface area (Å²) in [6.45, 7) is 1.45. The molecule has 1 aromatic rings. The van der Waals surface area contributed by atoms with Crippen LogP contribution in [-0.4, -0.2) is 28.7 Å². The Morgan fingerprint density at radius 2 is 2.33 bits per heavy atom. The molecule has 0 bridgehead atoms. The molecule has 4 heteroatoms. The average Bonchev–Trinajstić information content (AvgIpc) is 2.64. The van der Waals surface area contributed by atoms with Crippen molar-refractivity contribution in [1.82, 2.24) is 4.90 Å². The van der Waals surface area contributed by atoms with Gasteiger partial charge >= 0.3 is 0 Å². The van der Waals surface area contributed by atoms with Gasteiger partial charge in [-0.3, -0.25) is 4.79 Å². The van der Waals surface area contributed by atoms with Gasteiger partial charge in [0.1, 0.15) is 5.82 Å². The fourth-order valence-electron chi connectivity index (χ4n) is 1.71. The van der Waals surface area contributed by atoms with Crippen LogP contribution in [0.1, 0.15) is 16.8 Å². The fraction of sp³-hybridized carbons (Fsp3) is 0.364. The molecule has 1 unspecified atom stereocenters. The summed E-state index contributed by atoms with van der Waals surface area (Å²) < 4.78 is 12.9. The lowest BCUT2D eigenvalue weighted by molar-refractivity contribution is 0.0793. The number of nitrogens with zero attached hydrogens (tertiary/aromatic N) is 1. The van der Waals surface area contributed by atoms with E-state index in [1.54, 1.807) is 17.0 Å². The average molecular weight is 272 g/mol. The molecule has 1 aliphatic heterocycles. The highest BCUT2D eigenvalue weighted by Crippen LogP contribution is 2.19. The van der Waals surface area contributed by atoms with Crippen LogP contribution in [0, 0.1) is 5.82 Å². The van der Waals surface area contributed by atoms with Crippen molar-refractivity contribution in [1.29, 1.82) is 0 Å². The van der Waals surface area contributed by atoms with Crippen LogP contribution in [0.5, 0.6) is 0 Å². The second-order valence-corrected chi connectivity index (χ2v) is 4.94. The highest BCUT2D eigenvalue weighted by Gasteiger charge is 2.25. The summed E-state index contributed by atoms with van der Waals surface area (Å²) in [4.78, 5) is 14.0. The maximum Gasteiger partial charge on any atom is 0.253 e. The SMILES string of the molecule is O=C(c1cccc(F)c1)N1CCC(Br)C1. The maximum atomic E-state index is 12.9. The van der Waals surface area contributed by atoms with E-state index in [9.17, 15) is 9.18 Å². The summed E-state index contributed by atoms with van der Waals surface area (Å²) in [7, 11) is 0. The molecular formula is C11H11BrFNO. The van der Waals surface area contributed by atoms with Crippen molar-refractivity contribution in [2.24, 2.45) is 0 Å². The molecule has 1 saturated heterocycles. The lowest BCUT2D eigenvalue weighted by Crippen LogP contribution is -2.28. The monoisotopic (exact) mass is 271 g/mol. The minimum atomic E-state index is -0.365. The Hall–Kier alpha value is -0.900. The van der Waals surface area contributed by atoms with E-state index in [4.69, 9.17) is 0 Å². The number of hydrogen-bond donors (Lipinski definition) is 0. The van der Waals surface area contributed by atoms with Gasteiger partial charge in [0.05, 0.1) is 0 Å². The molecule has 0 aliphatic carbocycles. The van der Waals surface area contributed by atoms with Crippen LogP contribution in [-0.2, 0) is 0 Å². The van der Waals surface area contributed by atoms with Gasteiger partial charge in [-0.25, -0.2) is 4.39 Å². The lowest BCUT2D eigenvalue weighted by atomic mass is 10.2. The Morgan fingerprint density at radius 3 is 2.93 bits per heavy atom. The molecule has 2 nitrogen and oxygen atoms in total. The van der Waals surface area contributed by atoms with Crippen LogP contribution in [0.15, 0.2) is 24.3 Å². The zero-order chi connectivity index (χ0) is 10.8. The normalized spacial score (nSPS) is 20.7. The van der Waals surface area contributed by atoms with E-state index in [0.717, 1.165) is 13.0 Å². The third-order valence-electron chi connectivity index (χ3n) is 2.49. The van der Waals surface area contributed by atoms with E-state index in [1.807, 2.05) is 0 Å².